The van der Waals surface area contributed by atoms with E-state index in [4.69, 9.17) is 4.74 Å². The number of esters is 1. The number of ketones is 1. The number of ether oxygens (including phenoxy) is 1. The lowest BCUT2D eigenvalue weighted by molar-refractivity contribution is -0.153. The van der Waals surface area contributed by atoms with Crippen molar-refractivity contribution in [2.75, 3.05) is 7.11 Å². The Bertz CT molecular complexity index is 439. The summed E-state index contributed by atoms with van der Waals surface area (Å²) in [4.78, 5) is 23.2. The molecule has 0 bridgehead atoms. The fourth-order valence-corrected chi connectivity index (χ4v) is 2.32. The number of benzene rings is 1. The van der Waals surface area contributed by atoms with Gasteiger partial charge in [-0.3, -0.25) is 9.59 Å². The number of hydrogen-bond donors (Lipinski definition) is 0. The zero-order valence-electron chi connectivity index (χ0n) is 10.8. The maximum Gasteiger partial charge on any atom is 0.312 e. The van der Waals surface area contributed by atoms with Crippen LogP contribution in [-0.2, 0) is 20.7 Å². The number of carbonyl (C=O) groups excluding carboxylic acids is 2. The molecule has 0 saturated heterocycles. The Kier molecular flexibility index (Phi) is 5.08. The second kappa shape index (κ2) is 6.14. The SMILES string of the molecule is COC(=O)[C@](C)(CC(C)=O)Cc1ccc(Br)cc1. The van der Waals surface area contributed by atoms with Gasteiger partial charge in [0.15, 0.2) is 0 Å². The first-order valence-electron chi connectivity index (χ1n) is 5.70. The van der Waals surface area contributed by atoms with Crippen molar-refractivity contribution >= 4 is 27.7 Å². The first kappa shape index (κ1) is 14.9. The van der Waals surface area contributed by atoms with E-state index >= 15 is 0 Å². The Balaban J connectivity index is 2.94. The molecular weight excluding hydrogens is 296 g/mol. The summed E-state index contributed by atoms with van der Waals surface area (Å²) >= 11 is 3.36. The first-order valence-corrected chi connectivity index (χ1v) is 6.49. The van der Waals surface area contributed by atoms with Gasteiger partial charge in [0.2, 0.25) is 0 Å². The number of Topliss-reactive ketones (excluding diaryl/α,β-unsaturated/α-hetero) is 1. The van der Waals surface area contributed by atoms with Gasteiger partial charge in [0.25, 0.3) is 0 Å². The van der Waals surface area contributed by atoms with Crippen LogP contribution in [0.3, 0.4) is 0 Å². The molecule has 0 heterocycles. The molecule has 0 aliphatic carbocycles. The van der Waals surface area contributed by atoms with Crippen molar-refractivity contribution in [3.63, 3.8) is 0 Å². The zero-order chi connectivity index (χ0) is 13.8. The predicted octanol–water partition coefficient (Wildman–Crippen LogP) is 3.15. The van der Waals surface area contributed by atoms with E-state index in [1.54, 1.807) is 6.92 Å². The third-order valence-electron chi connectivity index (χ3n) is 2.82. The molecule has 0 N–H and O–H groups in total. The largest absolute Gasteiger partial charge is 0.469 e. The standard InChI is InChI=1S/C14H17BrO3/c1-10(16)8-14(2,13(17)18-3)9-11-4-6-12(15)7-5-11/h4-7H,8-9H2,1-3H3/t14-/m1/s1. The first-order chi connectivity index (χ1) is 8.37. The summed E-state index contributed by atoms with van der Waals surface area (Å²) in [5.74, 6) is -0.361. The molecule has 3 nitrogen and oxygen atoms in total. The lowest BCUT2D eigenvalue weighted by atomic mass is 9.79. The van der Waals surface area contributed by atoms with Gasteiger partial charge in [0.1, 0.15) is 5.78 Å². The summed E-state index contributed by atoms with van der Waals surface area (Å²) < 4.78 is 5.80. The molecule has 0 amide bonds. The molecule has 98 valence electrons. The van der Waals surface area contributed by atoms with E-state index in [2.05, 4.69) is 15.9 Å². The molecule has 0 aliphatic heterocycles. The second-order valence-corrected chi connectivity index (χ2v) is 5.65. The Hall–Kier alpha value is -1.16. The summed E-state index contributed by atoms with van der Waals surface area (Å²) in [6, 6.07) is 7.71. The Labute approximate surface area is 116 Å². The maximum absolute atomic E-state index is 11.9. The van der Waals surface area contributed by atoms with E-state index in [-0.39, 0.29) is 18.2 Å². The van der Waals surface area contributed by atoms with Gasteiger partial charge in [-0.25, -0.2) is 0 Å². The minimum Gasteiger partial charge on any atom is -0.469 e. The van der Waals surface area contributed by atoms with Crippen molar-refractivity contribution in [2.24, 2.45) is 5.41 Å². The number of methoxy groups -OCH3 is 1. The Morgan fingerprint density at radius 2 is 1.83 bits per heavy atom. The van der Waals surface area contributed by atoms with E-state index in [0.717, 1.165) is 10.0 Å². The third-order valence-corrected chi connectivity index (χ3v) is 3.35. The summed E-state index contributed by atoms with van der Waals surface area (Å²) in [6.45, 7) is 3.26. The quantitative estimate of drug-likeness (QED) is 0.784. The molecular formula is C14H17BrO3. The van der Waals surface area contributed by atoms with Crippen molar-refractivity contribution < 1.29 is 14.3 Å². The van der Waals surface area contributed by atoms with Crippen molar-refractivity contribution in [1.29, 1.82) is 0 Å². The maximum atomic E-state index is 11.9. The van der Waals surface area contributed by atoms with Crippen LogP contribution >= 0.6 is 15.9 Å². The predicted molar refractivity (Wildman–Crippen MR) is 73.3 cm³/mol. The number of carbonyl (C=O) groups is 2. The average molecular weight is 313 g/mol. The average Bonchev–Trinajstić information content (AvgIpc) is 2.30. The molecule has 4 heteroatoms. The van der Waals surface area contributed by atoms with Crippen LogP contribution in [0.15, 0.2) is 28.7 Å². The molecule has 1 aromatic rings. The molecule has 1 atom stereocenters. The van der Waals surface area contributed by atoms with Crippen LogP contribution in [0.4, 0.5) is 0 Å². The number of hydrogen-bond acceptors (Lipinski definition) is 3. The molecule has 0 aromatic heterocycles. The third kappa shape index (κ3) is 3.95. The zero-order valence-corrected chi connectivity index (χ0v) is 12.4. The fourth-order valence-electron chi connectivity index (χ4n) is 2.06. The number of halogens is 1. The summed E-state index contributed by atoms with van der Waals surface area (Å²) in [6.07, 6.45) is 0.683. The molecule has 0 aliphatic rings. The highest BCUT2D eigenvalue weighted by molar-refractivity contribution is 9.10. The minimum atomic E-state index is -0.797. The van der Waals surface area contributed by atoms with E-state index in [9.17, 15) is 9.59 Å². The molecule has 0 fully saturated rings. The van der Waals surface area contributed by atoms with E-state index < -0.39 is 5.41 Å². The van der Waals surface area contributed by atoms with Gasteiger partial charge in [0, 0.05) is 10.9 Å². The smallest absolute Gasteiger partial charge is 0.312 e. The fraction of sp³-hybridized carbons (Fsp3) is 0.429. The minimum absolute atomic E-state index is 0.0139. The van der Waals surface area contributed by atoms with Gasteiger partial charge in [0.05, 0.1) is 12.5 Å². The Morgan fingerprint density at radius 3 is 2.28 bits per heavy atom. The lowest BCUT2D eigenvalue weighted by Crippen LogP contribution is -2.33. The lowest BCUT2D eigenvalue weighted by Gasteiger charge is -2.25. The van der Waals surface area contributed by atoms with Gasteiger partial charge >= 0.3 is 5.97 Å². The van der Waals surface area contributed by atoms with Crippen LogP contribution in [0.5, 0.6) is 0 Å². The summed E-state index contributed by atoms with van der Waals surface area (Å²) in [5.41, 5.74) is 0.210. The highest BCUT2D eigenvalue weighted by Gasteiger charge is 2.35. The van der Waals surface area contributed by atoms with E-state index in [1.807, 2.05) is 24.3 Å². The van der Waals surface area contributed by atoms with E-state index in [1.165, 1.54) is 14.0 Å². The van der Waals surface area contributed by atoms with Gasteiger partial charge in [-0.2, -0.15) is 0 Å². The topological polar surface area (TPSA) is 43.4 Å². The monoisotopic (exact) mass is 312 g/mol. The number of rotatable bonds is 5. The van der Waals surface area contributed by atoms with Gasteiger partial charge < -0.3 is 4.74 Å². The summed E-state index contributed by atoms with van der Waals surface area (Å²) in [7, 11) is 1.35. The van der Waals surface area contributed by atoms with Crippen LogP contribution in [0.1, 0.15) is 25.8 Å². The molecule has 1 aromatic carbocycles. The van der Waals surface area contributed by atoms with Crippen LogP contribution in [0.25, 0.3) is 0 Å². The van der Waals surface area contributed by atoms with Gasteiger partial charge in [-0.1, -0.05) is 28.1 Å². The van der Waals surface area contributed by atoms with Crippen molar-refractivity contribution in [2.45, 2.75) is 26.7 Å². The van der Waals surface area contributed by atoms with Crippen molar-refractivity contribution in [3.8, 4) is 0 Å². The summed E-state index contributed by atoms with van der Waals surface area (Å²) in [5, 5.41) is 0. The van der Waals surface area contributed by atoms with Gasteiger partial charge in [-0.05, 0) is 38.0 Å². The molecule has 0 spiro atoms. The highest BCUT2D eigenvalue weighted by Crippen LogP contribution is 2.29. The van der Waals surface area contributed by atoms with Crippen LogP contribution in [0.2, 0.25) is 0 Å². The second-order valence-electron chi connectivity index (χ2n) is 4.73. The van der Waals surface area contributed by atoms with Crippen molar-refractivity contribution in [1.82, 2.24) is 0 Å². The highest BCUT2D eigenvalue weighted by atomic mass is 79.9. The van der Waals surface area contributed by atoms with Crippen LogP contribution in [-0.4, -0.2) is 18.9 Å². The normalized spacial score (nSPS) is 13.8. The molecule has 18 heavy (non-hydrogen) atoms. The molecule has 1 rings (SSSR count). The van der Waals surface area contributed by atoms with Gasteiger partial charge in [-0.15, -0.1) is 0 Å². The molecule has 0 radical (unpaired) electrons. The molecule has 0 saturated carbocycles. The van der Waals surface area contributed by atoms with Crippen LogP contribution < -0.4 is 0 Å². The van der Waals surface area contributed by atoms with Crippen LogP contribution in [0, 0.1) is 5.41 Å². The van der Waals surface area contributed by atoms with Crippen molar-refractivity contribution in [3.05, 3.63) is 34.3 Å². The Morgan fingerprint density at radius 1 is 1.28 bits per heavy atom. The molecule has 0 unspecified atom stereocenters. The van der Waals surface area contributed by atoms with E-state index in [0.29, 0.717) is 6.42 Å².